The summed E-state index contributed by atoms with van der Waals surface area (Å²) < 4.78 is 0. The molecule has 4 atom stereocenters. The predicted molar refractivity (Wildman–Crippen MR) is 149 cm³/mol. The zero-order valence-corrected chi connectivity index (χ0v) is 22.2. The summed E-state index contributed by atoms with van der Waals surface area (Å²) in [7, 11) is 0. The molecule has 0 saturated heterocycles. The topological polar surface area (TPSA) is 230 Å². The van der Waals surface area contributed by atoms with Crippen LogP contribution in [0.25, 0.3) is 10.9 Å². The summed E-state index contributed by atoms with van der Waals surface area (Å²) in [6.45, 7) is -0.792. The maximum Gasteiger partial charge on any atom is 0.245 e. The highest BCUT2D eigenvalue weighted by Crippen LogP contribution is 2.19. The Balaban J connectivity index is 1.63. The van der Waals surface area contributed by atoms with Crippen molar-refractivity contribution in [3.63, 3.8) is 0 Å². The van der Waals surface area contributed by atoms with Gasteiger partial charge < -0.3 is 47.4 Å². The first-order valence-corrected chi connectivity index (χ1v) is 12.9. The molecule has 4 amide bonds. The van der Waals surface area contributed by atoms with Crippen molar-refractivity contribution in [2.24, 2.45) is 11.5 Å². The number of H-pyrrole nitrogens is 1. The molecule has 13 nitrogen and oxygen atoms in total. The van der Waals surface area contributed by atoms with E-state index in [1.807, 2.05) is 24.3 Å². The van der Waals surface area contributed by atoms with E-state index in [1.54, 1.807) is 18.3 Å². The summed E-state index contributed by atoms with van der Waals surface area (Å²) in [4.78, 5) is 64.8. The summed E-state index contributed by atoms with van der Waals surface area (Å²) in [6, 6.07) is 8.76. The van der Waals surface area contributed by atoms with Gasteiger partial charge in [0.15, 0.2) is 0 Å². The molecule has 41 heavy (non-hydrogen) atoms. The third-order valence-electron chi connectivity index (χ3n) is 6.46. The molecular formula is C28H34N6O7. The average molecular weight is 567 g/mol. The molecule has 1 heterocycles. The van der Waals surface area contributed by atoms with Crippen LogP contribution in [0.5, 0.6) is 5.75 Å². The number of primary amides is 1. The van der Waals surface area contributed by atoms with Crippen LogP contribution in [0.4, 0.5) is 0 Å². The van der Waals surface area contributed by atoms with E-state index in [2.05, 4.69) is 20.9 Å². The molecule has 0 bridgehead atoms. The number of para-hydroxylation sites is 1. The van der Waals surface area contributed by atoms with E-state index in [0.29, 0.717) is 11.8 Å². The van der Waals surface area contributed by atoms with Crippen molar-refractivity contribution < 1.29 is 34.2 Å². The fourth-order valence-electron chi connectivity index (χ4n) is 4.23. The number of hydrogen-bond acceptors (Lipinski definition) is 8. The fourth-order valence-corrected chi connectivity index (χ4v) is 4.23. The van der Waals surface area contributed by atoms with Crippen LogP contribution in [0.1, 0.15) is 24.0 Å². The molecule has 1 aromatic heterocycles. The molecule has 218 valence electrons. The van der Waals surface area contributed by atoms with Crippen molar-refractivity contribution in [2.45, 2.75) is 49.9 Å². The molecule has 10 N–H and O–H groups in total. The Labute approximate surface area is 235 Å². The average Bonchev–Trinajstić information content (AvgIpc) is 3.36. The van der Waals surface area contributed by atoms with E-state index in [9.17, 15) is 34.2 Å². The Kier molecular flexibility index (Phi) is 11.0. The lowest BCUT2D eigenvalue weighted by Gasteiger charge is -2.24. The predicted octanol–water partition coefficient (Wildman–Crippen LogP) is -1.10. The van der Waals surface area contributed by atoms with Crippen LogP contribution in [0, 0.1) is 0 Å². The molecule has 0 aliphatic rings. The highest BCUT2D eigenvalue weighted by Gasteiger charge is 2.29. The Morgan fingerprint density at radius 1 is 0.902 bits per heavy atom. The zero-order chi connectivity index (χ0) is 29.9. The van der Waals surface area contributed by atoms with Gasteiger partial charge in [-0.3, -0.25) is 19.2 Å². The van der Waals surface area contributed by atoms with Crippen LogP contribution < -0.4 is 27.4 Å². The molecule has 3 aromatic rings. The van der Waals surface area contributed by atoms with E-state index in [0.717, 1.165) is 16.5 Å². The number of aliphatic hydroxyl groups excluding tert-OH is 1. The van der Waals surface area contributed by atoms with Gasteiger partial charge in [-0.15, -0.1) is 0 Å². The number of fused-ring (bicyclic) bond motifs is 1. The number of aromatic nitrogens is 1. The number of aliphatic hydroxyl groups is 1. The number of phenols is 1. The quantitative estimate of drug-likeness (QED) is 0.105. The zero-order valence-electron chi connectivity index (χ0n) is 22.2. The smallest absolute Gasteiger partial charge is 0.245 e. The molecule has 0 saturated carbocycles. The first-order chi connectivity index (χ1) is 19.6. The number of nitrogens with one attached hydrogen (secondary N) is 4. The number of aromatic amines is 1. The molecule has 13 heteroatoms. The lowest BCUT2D eigenvalue weighted by molar-refractivity contribution is -0.134. The van der Waals surface area contributed by atoms with E-state index >= 15 is 0 Å². The Bertz CT molecular complexity index is 1370. The summed E-state index contributed by atoms with van der Waals surface area (Å²) in [5.74, 6) is -3.04. The SMILES string of the molecule is NC(=O)CC[C@H](NC(=O)[C@H](CO)NC(=O)[C@@H](N)Cc1c[nH]c2ccccc12)C(=O)N[C@H](C=O)Cc1ccc(O)cc1. The van der Waals surface area contributed by atoms with Crippen LogP contribution in [0.3, 0.4) is 0 Å². The van der Waals surface area contributed by atoms with E-state index in [-0.39, 0.29) is 31.4 Å². The normalized spacial score (nSPS) is 13.9. The van der Waals surface area contributed by atoms with Crippen molar-refractivity contribution in [1.29, 1.82) is 0 Å². The van der Waals surface area contributed by atoms with Gasteiger partial charge in [-0.2, -0.15) is 0 Å². The van der Waals surface area contributed by atoms with Crippen molar-refractivity contribution in [1.82, 2.24) is 20.9 Å². The standard InChI is InChI=1S/C28H34N6O7/c29-21(12-17-13-31-22-4-2-1-3-20(17)22)26(39)34-24(15-36)28(41)33-23(9-10-25(30)38)27(40)32-18(14-35)11-16-5-7-19(37)8-6-16/h1-8,13-14,18,21,23-24,31,36-37H,9-12,15,29H2,(H2,30,38)(H,32,40)(H,33,41)(H,34,39)/t18-,21-,23-,24-/m0/s1. The summed E-state index contributed by atoms with van der Waals surface area (Å²) in [5.41, 5.74) is 13.6. The number of rotatable bonds is 15. The highest BCUT2D eigenvalue weighted by atomic mass is 16.3. The highest BCUT2D eigenvalue weighted by molar-refractivity contribution is 5.94. The lowest BCUT2D eigenvalue weighted by Crippen LogP contribution is -2.58. The molecule has 0 aliphatic carbocycles. The number of nitrogens with two attached hydrogens (primary N) is 2. The van der Waals surface area contributed by atoms with Crippen molar-refractivity contribution in [3.8, 4) is 5.75 Å². The van der Waals surface area contributed by atoms with Gasteiger partial charge in [0.25, 0.3) is 0 Å². The molecule has 0 spiro atoms. The van der Waals surface area contributed by atoms with E-state index in [4.69, 9.17) is 11.5 Å². The second-order valence-corrected chi connectivity index (χ2v) is 9.60. The second kappa shape index (κ2) is 14.6. The van der Waals surface area contributed by atoms with Crippen molar-refractivity contribution in [3.05, 3.63) is 65.9 Å². The monoisotopic (exact) mass is 566 g/mol. The van der Waals surface area contributed by atoms with E-state index in [1.165, 1.54) is 12.1 Å². The van der Waals surface area contributed by atoms with Gasteiger partial charge in [-0.1, -0.05) is 30.3 Å². The number of aromatic hydroxyl groups is 1. The third-order valence-corrected chi connectivity index (χ3v) is 6.46. The van der Waals surface area contributed by atoms with Crippen molar-refractivity contribution >= 4 is 40.8 Å². The van der Waals surface area contributed by atoms with Crippen LogP contribution in [0.15, 0.2) is 54.7 Å². The molecule has 0 unspecified atom stereocenters. The van der Waals surface area contributed by atoms with Gasteiger partial charge in [-0.05, 0) is 48.6 Å². The van der Waals surface area contributed by atoms with Crippen LogP contribution in [-0.2, 0) is 36.8 Å². The first-order valence-electron chi connectivity index (χ1n) is 12.9. The Morgan fingerprint density at radius 3 is 2.22 bits per heavy atom. The number of aldehydes is 1. The van der Waals surface area contributed by atoms with Gasteiger partial charge >= 0.3 is 0 Å². The number of carbonyl (C=O) groups excluding carboxylic acids is 5. The summed E-state index contributed by atoms with van der Waals surface area (Å²) in [6.07, 6.45) is 2.08. The molecule has 0 fully saturated rings. The molecular weight excluding hydrogens is 532 g/mol. The first kappa shape index (κ1) is 30.8. The molecule has 2 aromatic carbocycles. The van der Waals surface area contributed by atoms with Gasteiger partial charge in [0.05, 0.1) is 18.7 Å². The van der Waals surface area contributed by atoms with Crippen LogP contribution in [-0.4, -0.2) is 75.9 Å². The minimum Gasteiger partial charge on any atom is -0.508 e. The third kappa shape index (κ3) is 8.88. The summed E-state index contributed by atoms with van der Waals surface area (Å²) in [5, 5.41) is 27.4. The number of amides is 4. The van der Waals surface area contributed by atoms with Gasteiger partial charge in [-0.25, -0.2) is 0 Å². The van der Waals surface area contributed by atoms with Gasteiger partial charge in [0.2, 0.25) is 23.6 Å². The minimum atomic E-state index is -1.45. The largest absolute Gasteiger partial charge is 0.508 e. The molecule has 0 radical (unpaired) electrons. The van der Waals surface area contributed by atoms with Crippen molar-refractivity contribution in [2.75, 3.05) is 6.61 Å². The maximum atomic E-state index is 13.0. The van der Waals surface area contributed by atoms with Crippen LogP contribution in [0.2, 0.25) is 0 Å². The Hall–Kier alpha value is -4.75. The molecule has 0 aliphatic heterocycles. The second-order valence-electron chi connectivity index (χ2n) is 9.60. The van der Waals surface area contributed by atoms with Gasteiger partial charge in [0, 0.05) is 23.5 Å². The maximum absolute atomic E-state index is 13.0. The minimum absolute atomic E-state index is 0.0408. The lowest BCUT2D eigenvalue weighted by atomic mass is 10.0. The number of benzene rings is 2. The summed E-state index contributed by atoms with van der Waals surface area (Å²) >= 11 is 0. The van der Waals surface area contributed by atoms with E-state index < -0.39 is 54.4 Å². The number of carbonyl (C=O) groups is 5. The van der Waals surface area contributed by atoms with Gasteiger partial charge in [0.1, 0.15) is 24.1 Å². The fraction of sp³-hybridized carbons (Fsp3) is 0.321. The number of hydrogen-bond donors (Lipinski definition) is 8. The number of phenolic OH excluding ortho intramolecular Hbond substituents is 1. The molecule has 3 rings (SSSR count). The Morgan fingerprint density at radius 2 is 1.56 bits per heavy atom. The van der Waals surface area contributed by atoms with Crippen LogP contribution >= 0.6 is 0 Å².